The predicted octanol–water partition coefficient (Wildman–Crippen LogP) is 6.76. The van der Waals surface area contributed by atoms with Crippen molar-refractivity contribution in [2.45, 2.75) is 0 Å². The molecule has 0 saturated heterocycles. The number of nitrogens with one attached hydrogen (secondary N) is 1. The largest absolute Gasteiger partial charge is 0.276 e. The van der Waals surface area contributed by atoms with E-state index >= 15 is 0 Å². The Morgan fingerprint density at radius 2 is 1.73 bits per heavy atom. The highest BCUT2D eigenvalue weighted by atomic mass is 35.5. The molecule has 0 fully saturated rings. The Kier molecular flexibility index (Phi) is 6.02. The summed E-state index contributed by atoms with van der Waals surface area (Å²) in [5.41, 5.74) is 4.91. The molecule has 2 aromatic carbocycles. The number of hydrogen-bond acceptors (Lipinski definition) is 5. The number of nitrogens with zero attached hydrogens (tertiary/aromatic N) is 3. The highest BCUT2D eigenvalue weighted by Gasteiger charge is 2.11. The smallest absolute Gasteiger partial charge is 0.196 e. The molecule has 1 heterocycles. The first-order chi connectivity index (χ1) is 12.5. The topological polar surface area (TPSA) is 61.1 Å². The lowest BCUT2D eigenvalue weighted by Crippen LogP contribution is -2.02. The van der Waals surface area contributed by atoms with E-state index in [1.54, 1.807) is 12.1 Å². The van der Waals surface area contributed by atoms with Gasteiger partial charge >= 0.3 is 0 Å². The van der Waals surface area contributed by atoms with Gasteiger partial charge < -0.3 is 0 Å². The first-order valence-corrected chi connectivity index (χ1v) is 9.47. The summed E-state index contributed by atoms with van der Waals surface area (Å²) in [7, 11) is 0. The molecule has 130 valence electrons. The van der Waals surface area contributed by atoms with Crippen molar-refractivity contribution in [2.24, 2.45) is 5.10 Å². The molecular weight excluding hydrogens is 434 g/mol. The lowest BCUT2D eigenvalue weighted by atomic mass is 10.2. The van der Waals surface area contributed by atoms with Crippen molar-refractivity contribution < 1.29 is 0 Å². The molecule has 0 unspecified atom stereocenters. The minimum atomic E-state index is 0.123. The van der Waals surface area contributed by atoms with Gasteiger partial charge in [-0.25, -0.2) is 4.98 Å². The van der Waals surface area contributed by atoms with Gasteiger partial charge in [0.25, 0.3) is 0 Å². The fourth-order valence-electron chi connectivity index (χ4n) is 1.98. The normalized spacial score (nSPS) is 11.3. The van der Waals surface area contributed by atoms with Crippen molar-refractivity contribution in [3.8, 4) is 17.3 Å². The monoisotopic (exact) mass is 440 g/mol. The van der Waals surface area contributed by atoms with Gasteiger partial charge in [-0.15, -0.1) is 11.3 Å². The van der Waals surface area contributed by atoms with Crippen LogP contribution >= 0.6 is 57.7 Å². The van der Waals surface area contributed by atoms with E-state index in [4.69, 9.17) is 46.4 Å². The Morgan fingerprint density at radius 1 is 1.04 bits per heavy atom. The third-order valence-corrected chi connectivity index (χ3v) is 5.39. The van der Waals surface area contributed by atoms with Crippen molar-refractivity contribution >= 4 is 69.1 Å². The van der Waals surface area contributed by atoms with Crippen molar-refractivity contribution in [3.63, 3.8) is 0 Å². The third-order valence-electron chi connectivity index (χ3n) is 3.25. The molecule has 0 spiro atoms. The Hall–Kier alpha value is -1.81. The zero-order chi connectivity index (χ0) is 18.7. The Morgan fingerprint density at radius 3 is 2.42 bits per heavy atom. The zero-order valence-electron chi connectivity index (χ0n) is 12.8. The molecule has 0 aliphatic heterocycles. The lowest BCUT2D eigenvalue weighted by molar-refractivity contribution is 1.31. The van der Waals surface area contributed by atoms with Gasteiger partial charge in [-0.05, 0) is 24.3 Å². The molecule has 3 rings (SSSR count). The van der Waals surface area contributed by atoms with Crippen LogP contribution < -0.4 is 5.43 Å². The standard InChI is InChI=1S/C17H8Cl4N4S/c18-10-3-1-9(2-4-10)16-8-26-17(23-16)15(7-22)25-24-14-6-12(20)11(19)5-13(14)21/h1-6,8,24H/b25-15+. The van der Waals surface area contributed by atoms with E-state index in [0.29, 0.717) is 30.8 Å². The molecule has 1 aromatic heterocycles. The van der Waals surface area contributed by atoms with Gasteiger partial charge in [-0.1, -0.05) is 58.5 Å². The summed E-state index contributed by atoms with van der Waals surface area (Å²) in [6.45, 7) is 0. The molecular formula is C17H8Cl4N4S. The molecule has 0 atom stereocenters. The van der Waals surface area contributed by atoms with E-state index in [0.717, 1.165) is 11.3 Å². The van der Waals surface area contributed by atoms with Crippen LogP contribution in [0.2, 0.25) is 20.1 Å². The third kappa shape index (κ3) is 4.29. The second-order valence-corrected chi connectivity index (χ2v) is 7.49. The molecule has 0 radical (unpaired) electrons. The Labute approximate surface area is 173 Å². The SMILES string of the molecule is N#C/C(=N\Nc1cc(Cl)c(Cl)cc1Cl)c1nc(-c2ccc(Cl)cc2)cs1. The predicted molar refractivity (Wildman–Crippen MR) is 110 cm³/mol. The second kappa shape index (κ2) is 8.26. The van der Waals surface area contributed by atoms with Crippen LogP contribution in [0.1, 0.15) is 5.01 Å². The van der Waals surface area contributed by atoms with Crippen molar-refractivity contribution in [1.82, 2.24) is 4.98 Å². The van der Waals surface area contributed by atoms with Crippen LogP contribution in [0.5, 0.6) is 0 Å². The fourth-order valence-corrected chi connectivity index (χ4v) is 3.46. The minimum Gasteiger partial charge on any atom is -0.276 e. The van der Waals surface area contributed by atoms with Gasteiger partial charge in [-0.2, -0.15) is 10.4 Å². The van der Waals surface area contributed by atoms with E-state index in [2.05, 4.69) is 15.5 Å². The average Bonchev–Trinajstić information content (AvgIpc) is 3.10. The lowest BCUT2D eigenvalue weighted by Gasteiger charge is -2.05. The van der Waals surface area contributed by atoms with Crippen LogP contribution in [0, 0.1) is 11.3 Å². The Balaban J connectivity index is 1.85. The molecule has 0 saturated carbocycles. The quantitative estimate of drug-likeness (QED) is 0.276. The van der Waals surface area contributed by atoms with E-state index in [1.165, 1.54) is 23.5 Å². The fraction of sp³-hybridized carbons (Fsp3) is 0. The summed E-state index contributed by atoms with van der Waals surface area (Å²) in [4.78, 5) is 4.45. The van der Waals surface area contributed by atoms with E-state index in [1.807, 2.05) is 23.6 Å². The van der Waals surface area contributed by atoms with Crippen LogP contribution in [0.4, 0.5) is 5.69 Å². The number of nitriles is 1. The number of aromatic nitrogens is 1. The molecule has 4 nitrogen and oxygen atoms in total. The number of benzene rings is 2. The molecule has 3 aromatic rings. The van der Waals surface area contributed by atoms with Gasteiger partial charge in [0.15, 0.2) is 10.7 Å². The summed E-state index contributed by atoms with van der Waals surface area (Å²) in [5.74, 6) is 0. The van der Waals surface area contributed by atoms with Gasteiger partial charge in [0.1, 0.15) is 6.07 Å². The molecule has 0 bridgehead atoms. The number of halogens is 4. The molecule has 0 aliphatic carbocycles. The van der Waals surface area contributed by atoms with Gasteiger partial charge in [0, 0.05) is 16.0 Å². The van der Waals surface area contributed by atoms with E-state index in [9.17, 15) is 5.26 Å². The minimum absolute atomic E-state index is 0.123. The van der Waals surface area contributed by atoms with Crippen molar-refractivity contribution in [3.05, 3.63) is 66.9 Å². The van der Waals surface area contributed by atoms with Crippen LogP contribution in [-0.4, -0.2) is 10.7 Å². The van der Waals surface area contributed by atoms with Crippen LogP contribution in [0.3, 0.4) is 0 Å². The first kappa shape index (κ1) is 19.0. The van der Waals surface area contributed by atoms with Gasteiger partial charge in [0.2, 0.25) is 0 Å². The molecule has 26 heavy (non-hydrogen) atoms. The van der Waals surface area contributed by atoms with Crippen molar-refractivity contribution in [2.75, 3.05) is 5.43 Å². The average molecular weight is 442 g/mol. The first-order valence-electron chi connectivity index (χ1n) is 7.08. The maximum Gasteiger partial charge on any atom is 0.196 e. The summed E-state index contributed by atoms with van der Waals surface area (Å²) in [6.07, 6.45) is 0. The highest BCUT2D eigenvalue weighted by molar-refractivity contribution is 7.12. The number of thiazole rings is 1. The van der Waals surface area contributed by atoms with Crippen molar-refractivity contribution in [1.29, 1.82) is 5.26 Å². The highest BCUT2D eigenvalue weighted by Crippen LogP contribution is 2.32. The number of hydrazone groups is 1. The summed E-state index contributed by atoms with van der Waals surface area (Å²) in [6, 6.07) is 12.3. The number of anilines is 1. The van der Waals surface area contributed by atoms with Gasteiger partial charge in [0.05, 0.1) is 26.4 Å². The van der Waals surface area contributed by atoms with E-state index < -0.39 is 0 Å². The summed E-state index contributed by atoms with van der Waals surface area (Å²) < 4.78 is 0. The molecule has 9 heteroatoms. The van der Waals surface area contributed by atoms with Crippen LogP contribution in [0.15, 0.2) is 46.9 Å². The number of rotatable bonds is 4. The molecule has 0 aliphatic rings. The maximum absolute atomic E-state index is 9.39. The molecule has 0 amide bonds. The molecule has 1 N–H and O–H groups in total. The Bertz CT molecular complexity index is 1020. The number of hydrogen-bond donors (Lipinski definition) is 1. The van der Waals surface area contributed by atoms with E-state index in [-0.39, 0.29) is 5.71 Å². The summed E-state index contributed by atoms with van der Waals surface area (Å²) >= 11 is 25.2. The maximum atomic E-state index is 9.39. The zero-order valence-corrected chi connectivity index (χ0v) is 16.6. The second-order valence-electron chi connectivity index (χ2n) is 4.97. The van der Waals surface area contributed by atoms with Crippen LogP contribution in [-0.2, 0) is 0 Å². The summed E-state index contributed by atoms with van der Waals surface area (Å²) in [5, 5.41) is 17.4. The van der Waals surface area contributed by atoms with Gasteiger partial charge in [-0.3, -0.25) is 5.43 Å². The van der Waals surface area contributed by atoms with Crippen LogP contribution in [0.25, 0.3) is 11.3 Å².